The Hall–Kier alpha value is -1.42. The molecule has 0 aliphatic carbocycles. The molecule has 1 aromatic heterocycles. The van der Waals surface area contributed by atoms with Crippen LogP contribution in [0.15, 0.2) is 15.5 Å². The van der Waals surface area contributed by atoms with Gasteiger partial charge in [0.1, 0.15) is 6.26 Å². The molecule has 0 N–H and O–H groups in total. The first kappa shape index (κ1) is 6.14. The number of phosphoric acid groups is 1. The summed E-state index contributed by atoms with van der Waals surface area (Å²) < 4.78 is 29.7. The Morgan fingerprint density at radius 3 is 2.58 bits per heavy atom. The molecule has 7 heteroatoms. The molecule has 1 atom stereocenters. The van der Waals surface area contributed by atoms with E-state index in [0.29, 0.717) is 0 Å². The average Bonchev–Trinajstić information content (AvgIpc) is 2.49. The fourth-order valence-corrected chi connectivity index (χ4v) is 2.30. The molecule has 62 valence electrons. The van der Waals surface area contributed by atoms with Crippen LogP contribution in [0, 0.1) is 0 Å². The fourth-order valence-electron chi connectivity index (χ4n) is 1.05. The van der Waals surface area contributed by atoms with Crippen molar-refractivity contribution in [2.24, 2.45) is 0 Å². The normalized spacial score (nSPS) is 27.7. The number of fused-ring (bicyclic) bond motifs is 1. The Morgan fingerprint density at radius 2 is 1.92 bits per heavy atom. The molecule has 6 nitrogen and oxygen atoms in total. The van der Waals surface area contributed by atoms with Gasteiger partial charge in [0.2, 0.25) is 11.5 Å². The summed E-state index contributed by atoms with van der Waals surface area (Å²) in [6.07, 6.45) is 1.04. The maximum Gasteiger partial charge on any atom is 0.648 e. The van der Waals surface area contributed by atoms with Crippen LogP contribution in [0.2, 0.25) is 0 Å². The highest BCUT2D eigenvalue weighted by atomic mass is 31.2. The van der Waals surface area contributed by atoms with Gasteiger partial charge in [-0.1, -0.05) is 0 Å². The summed E-state index contributed by atoms with van der Waals surface area (Å²) in [7, 11) is -3.53. The molecular formula is C5HO6P. The first-order chi connectivity index (χ1) is 5.68. The lowest BCUT2D eigenvalue weighted by atomic mass is 10.4. The molecule has 0 saturated carbocycles. The largest absolute Gasteiger partial charge is 0.648 e. The maximum atomic E-state index is 11.2. The van der Waals surface area contributed by atoms with E-state index >= 15 is 0 Å². The van der Waals surface area contributed by atoms with Crippen LogP contribution < -0.4 is 19.2 Å². The summed E-state index contributed by atoms with van der Waals surface area (Å²) in [5.41, 5.74) is -0.713. The molecule has 0 radical (unpaired) electrons. The molecule has 2 aliphatic heterocycles. The second-order valence-corrected chi connectivity index (χ2v) is 3.71. The molecule has 0 spiro atoms. The lowest BCUT2D eigenvalue weighted by Gasteiger charge is -2.06. The highest BCUT2D eigenvalue weighted by molar-refractivity contribution is 7.50. The summed E-state index contributed by atoms with van der Waals surface area (Å²) in [6.45, 7) is 0. The van der Waals surface area contributed by atoms with Crippen LogP contribution >= 0.6 is 7.82 Å². The van der Waals surface area contributed by atoms with Crippen molar-refractivity contribution in [1.82, 2.24) is 0 Å². The zero-order valence-electron chi connectivity index (χ0n) is 5.47. The third kappa shape index (κ3) is 0.527. The van der Waals surface area contributed by atoms with Crippen LogP contribution in [0.3, 0.4) is 0 Å². The van der Waals surface area contributed by atoms with Crippen LogP contribution in [0.4, 0.5) is 0 Å². The molecule has 0 saturated heterocycles. The van der Waals surface area contributed by atoms with Gasteiger partial charge < -0.3 is 18.0 Å². The van der Waals surface area contributed by atoms with Crippen molar-refractivity contribution >= 4 is 7.82 Å². The van der Waals surface area contributed by atoms with Crippen LogP contribution in [0.5, 0.6) is 17.2 Å². The van der Waals surface area contributed by atoms with E-state index in [0.717, 1.165) is 6.26 Å². The van der Waals surface area contributed by atoms with Crippen LogP contribution in [0.1, 0.15) is 0 Å². The minimum atomic E-state index is -3.53. The first-order valence-electron chi connectivity index (χ1n) is 3.03. The summed E-state index contributed by atoms with van der Waals surface area (Å²) >= 11 is 0. The fraction of sp³-hybridized carbons (Fsp3) is 0. The van der Waals surface area contributed by atoms with Crippen molar-refractivity contribution < 1.29 is 22.6 Å². The van der Waals surface area contributed by atoms with Gasteiger partial charge >= 0.3 is 13.4 Å². The summed E-state index contributed by atoms with van der Waals surface area (Å²) in [6, 6.07) is 0. The summed E-state index contributed by atoms with van der Waals surface area (Å²) in [4.78, 5) is 10.9. The predicted molar refractivity (Wildman–Crippen MR) is 34.5 cm³/mol. The van der Waals surface area contributed by atoms with Gasteiger partial charge in [-0.2, -0.15) is 4.57 Å². The number of hydrogen-bond donors (Lipinski definition) is 0. The van der Waals surface area contributed by atoms with E-state index in [9.17, 15) is 9.36 Å². The van der Waals surface area contributed by atoms with E-state index in [4.69, 9.17) is 9.05 Å². The topological polar surface area (TPSA) is 75.0 Å². The number of rotatable bonds is 0. The van der Waals surface area contributed by atoms with Crippen molar-refractivity contribution in [1.29, 1.82) is 0 Å². The van der Waals surface area contributed by atoms with Gasteiger partial charge in [-0.05, 0) is 0 Å². The van der Waals surface area contributed by atoms with Crippen molar-refractivity contribution in [3.63, 3.8) is 0 Å². The lowest BCUT2D eigenvalue weighted by molar-refractivity contribution is 0.334. The Bertz CT molecular complexity index is 473. The molecule has 0 fully saturated rings. The van der Waals surface area contributed by atoms with Crippen LogP contribution in [0.25, 0.3) is 0 Å². The minimum absolute atomic E-state index is 0.0783. The summed E-state index contributed by atoms with van der Waals surface area (Å²) in [5.74, 6) is 0.0656. The molecule has 2 bridgehead atoms. The van der Waals surface area contributed by atoms with Gasteiger partial charge in [-0.15, -0.1) is 0 Å². The van der Waals surface area contributed by atoms with E-state index in [1.165, 1.54) is 0 Å². The smallest absolute Gasteiger partial charge is 0.424 e. The molecule has 1 aromatic rings. The van der Waals surface area contributed by atoms with Crippen molar-refractivity contribution in [3.05, 3.63) is 16.7 Å². The quantitative estimate of drug-likeness (QED) is 0.563. The van der Waals surface area contributed by atoms with Gasteiger partial charge in [-0.25, -0.2) is 4.79 Å². The third-order valence-corrected chi connectivity index (χ3v) is 2.74. The molecule has 3 rings (SSSR count). The van der Waals surface area contributed by atoms with E-state index in [-0.39, 0.29) is 17.2 Å². The second kappa shape index (κ2) is 1.51. The molecule has 0 amide bonds. The molecule has 2 aliphatic rings. The van der Waals surface area contributed by atoms with E-state index in [1.807, 2.05) is 0 Å². The van der Waals surface area contributed by atoms with Gasteiger partial charge in [0.25, 0.3) is 5.75 Å². The van der Waals surface area contributed by atoms with Crippen molar-refractivity contribution in [2.75, 3.05) is 0 Å². The third-order valence-electron chi connectivity index (χ3n) is 1.50. The molecule has 1 unspecified atom stereocenters. The Kier molecular flexibility index (Phi) is 0.774. The molecule has 3 heterocycles. The molecular weight excluding hydrogens is 187 g/mol. The summed E-state index contributed by atoms with van der Waals surface area (Å²) in [5, 5.41) is 0. The number of hydrogen-bond acceptors (Lipinski definition) is 6. The lowest BCUT2D eigenvalue weighted by Crippen LogP contribution is -2.06. The van der Waals surface area contributed by atoms with Gasteiger partial charge in [0, 0.05) is 0 Å². The Labute approximate surface area is 65.3 Å². The van der Waals surface area contributed by atoms with Gasteiger partial charge in [0.05, 0.1) is 0 Å². The van der Waals surface area contributed by atoms with Crippen LogP contribution in [-0.4, -0.2) is 0 Å². The Morgan fingerprint density at radius 1 is 1.17 bits per heavy atom. The zero-order chi connectivity index (χ0) is 8.34. The van der Waals surface area contributed by atoms with Gasteiger partial charge in [0.15, 0.2) is 0 Å². The standard InChI is InChI=1S/C5HO6P/c6-5-4-3-2(1-8-5)9-12(7,10-3)11-4/h1H. The van der Waals surface area contributed by atoms with Crippen molar-refractivity contribution in [3.8, 4) is 17.2 Å². The van der Waals surface area contributed by atoms with E-state index in [2.05, 4.69) is 8.94 Å². The van der Waals surface area contributed by atoms with E-state index in [1.54, 1.807) is 0 Å². The average molecular weight is 188 g/mol. The monoisotopic (exact) mass is 188 g/mol. The van der Waals surface area contributed by atoms with Crippen LogP contribution in [-0.2, 0) is 4.57 Å². The highest BCUT2D eigenvalue weighted by Gasteiger charge is 2.52. The minimum Gasteiger partial charge on any atom is -0.424 e. The maximum absolute atomic E-state index is 11.2. The Balaban J connectivity index is 2.47. The zero-order valence-corrected chi connectivity index (χ0v) is 6.37. The number of phosphoric ester groups is 1. The molecule has 12 heavy (non-hydrogen) atoms. The highest BCUT2D eigenvalue weighted by Crippen LogP contribution is 2.67. The SMILES string of the molecule is O=c1occ2c3c1OP(=O)(O2)O3. The molecule has 0 aromatic carbocycles. The first-order valence-corrected chi connectivity index (χ1v) is 4.49. The van der Waals surface area contributed by atoms with Gasteiger partial charge in [-0.3, -0.25) is 0 Å². The predicted octanol–water partition coefficient (Wildman–Crippen LogP) is 0.911. The van der Waals surface area contributed by atoms with E-state index < -0.39 is 13.4 Å². The second-order valence-electron chi connectivity index (χ2n) is 2.27. The van der Waals surface area contributed by atoms with Crippen molar-refractivity contribution in [2.45, 2.75) is 0 Å².